The zero-order chi connectivity index (χ0) is 17.4. The molecule has 1 saturated heterocycles. The summed E-state index contributed by atoms with van der Waals surface area (Å²) < 4.78 is 13.7. The first-order valence-corrected chi connectivity index (χ1v) is 7.82. The number of carbonyl (C=O) groups excluding carboxylic acids is 2. The van der Waals surface area contributed by atoms with Crippen molar-refractivity contribution in [2.24, 2.45) is 0 Å². The van der Waals surface area contributed by atoms with Crippen LogP contribution in [0.2, 0.25) is 0 Å². The number of imidazole rings is 1. The Morgan fingerprint density at radius 1 is 1.28 bits per heavy atom. The van der Waals surface area contributed by atoms with Gasteiger partial charge in [-0.3, -0.25) is 9.59 Å². The lowest BCUT2D eigenvalue weighted by atomic mass is 10.1. The molecule has 1 fully saturated rings. The minimum Gasteiger partial charge on any atom is -0.344 e. The number of fused-ring (bicyclic) bond motifs is 1. The van der Waals surface area contributed by atoms with E-state index in [1.807, 2.05) is 0 Å². The largest absolute Gasteiger partial charge is 0.344 e. The third-order valence-electron chi connectivity index (χ3n) is 4.11. The number of H-pyrrole nitrogens is 1. The van der Waals surface area contributed by atoms with Crippen molar-refractivity contribution in [1.29, 1.82) is 0 Å². The molecule has 126 valence electrons. The summed E-state index contributed by atoms with van der Waals surface area (Å²) in [6.07, 6.45) is 4.31. The normalized spacial score (nSPS) is 14.3. The van der Waals surface area contributed by atoms with Crippen LogP contribution in [-0.2, 0) is 4.79 Å². The van der Waals surface area contributed by atoms with Crippen LogP contribution in [0.15, 0.2) is 36.8 Å². The summed E-state index contributed by atoms with van der Waals surface area (Å²) in [7, 11) is 0. The Labute approximate surface area is 141 Å². The van der Waals surface area contributed by atoms with Gasteiger partial charge in [-0.2, -0.15) is 0 Å². The van der Waals surface area contributed by atoms with Crippen LogP contribution in [0.25, 0.3) is 11.0 Å². The summed E-state index contributed by atoms with van der Waals surface area (Å²) in [5.74, 6) is -0.653. The molecule has 8 heteroatoms. The predicted molar refractivity (Wildman–Crippen MR) is 89.8 cm³/mol. The first kappa shape index (κ1) is 15.3. The second-order valence-corrected chi connectivity index (χ2v) is 5.76. The maximum Gasteiger partial charge on any atom is 0.259 e. The number of anilines is 2. The second kappa shape index (κ2) is 5.97. The number of amides is 2. The van der Waals surface area contributed by atoms with Gasteiger partial charge in [-0.05, 0) is 30.7 Å². The predicted octanol–water partition coefficient (Wildman–Crippen LogP) is 2.48. The van der Waals surface area contributed by atoms with Gasteiger partial charge >= 0.3 is 0 Å². The Morgan fingerprint density at radius 3 is 2.88 bits per heavy atom. The van der Waals surface area contributed by atoms with Crippen LogP contribution in [0, 0.1) is 5.82 Å². The van der Waals surface area contributed by atoms with Crippen LogP contribution < -0.4 is 10.2 Å². The minimum absolute atomic E-state index is 0.0688. The average Bonchev–Trinajstić information content (AvgIpc) is 3.23. The van der Waals surface area contributed by atoms with Gasteiger partial charge in [0.2, 0.25) is 5.91 Å². The topological polar surface area (TPSA) is 91.0 Å². The number of pyridine rings is 1. The van der Waals surface area contributed by atoms with Crippen molar-refractivity contribution in [2.45, 2.75) is 12.8 Å². The molecule has 3 heterocycles. The van der Waals surface area contributed by atoms with E-state index in [2.05, 4.69) is 20.3 Å². The molecule has 0 bridgehead atoms. The molecule has 0 saturated carbocycles. The fourth-order valence-electron chi connectivity index (χ4n) is 2.91. The number of halogens is 1. The van der Waals surface area contributed by atoms with Crippen LogP contribution in [0.1, 0.15) is 23.2 Å². The summed E-state index contributed by atoms with van der Waals surface area (Å²) in [6, 6.07) is 5.75. The number of nitrogens with one attached hydrogen (secondary N) is 2. The van der Waals surface area contributed by atoms with Crippen molar-refractivity contribution >= 4 is 34.4 Å². The molecule has 25 heavy (non-hydrogen) atoms. The summed E-state index contributed by atoms with van der Waals surface area (Å²) in [4.78, 5) is 36.8. The third-order valence-corrected chi connectivity index (χ3v) is 4.11. The number of nitrogens with zero attached hydrogens (tertiary/aromatic N) is 3. The van der Waals surface area contributed by atoms with Gasteiger partial charge in [0.15, 0.2) is 0 Å². The Hall–Kier alpha value is -3.29. The van der Waals surface area contributed by atoms with E-state index in [1.165, 1.54) is 18.6 Å². The maximum absolute atomic E-state index is 13.7. The van der Waals surface area contributed by atoms with Crippen molar-refractivity contribution < 1.29 is 14.0 Å². The van der Waals surface area contributed by atoms with Gasteiger partial charge in [-0.25, -0.2) is 14.4 Å². The molecule has 1 aromatic carbocycles. The van der Waals surface area contributed by atoms with Gasteiger partial charge in [0, 0.05) is 13.0 Å². The standard InChI is InChI=1S/C17H14FN5O2/c18-10-6-12(16-13(7-10)20-9-21-16)17(25)22-14-4-3-11(8-19-14)23-5-1-2-15(23)24/h3-4,6-9H,1-2,5H2,(H,20,21)(H,19,22,25). The van der Waals surface area contributed by atoms with Crippen molar-refractivity contribution in [2.75, 3.05) is 16.8 Å². The monoisotopic (exact) mass is 339 g/mol. The van der Waals surface area contributed by atoms with Gasteiger partial charge < -0.3 is 15.2 Å². The van der Waals surface area contributed by atoms with E-state index in [4.69, 9.17) is 0 Å². The third kappa shape index (κ3) is 2.82. The molecule has 1 aliphatic rings. The Bertz CT molecular complexity index is 967. The SMILES string of the molecule is O=C(Nc1ccc(N2CCCC2=O)cn1)c1cc(F)cc2[nH]cnc12. The van der Waals surface area contributed by atoms with E-state index < -0.39 is 11.7 Å². The quantitative estimate of drug-likeness (QED) is 0.767. The summed E-state index contributed by atoms with van der Waals surface area (Å²) in [5, 5.41) is 2.62. The van der Waals surface area contributed by atoms with E-state index in [0.29, 0.717) is 35.5 Å². The van der Waals surface area contributed by atoms with Crippen LogP contribution in [0.5, 0.6) is 0 Å². The fraction of sp³-hybridized carbons (Fsp3) is 0.176. The number of hydrogen-bond donors (Lipinski definition) is 2. The lowest BCUT2D eigenvalue weighted by Crippen LogP contribution is -2.23. The molecular weight excluding hydrogens is 325 g/mol. The molecule has 0 spiro atoms. The Kier molecular flexibility index (Phi) is 3.64. The fourth-order valence-corrected chi connectivity index (χ4v) is 2.91. The Morgan fingerprint density at radius 2 is 2.16 bits per heavy atom. The molecule has 0 atom stereocenters. The number of hydrogen-bond acceptors (Lipinski definition) is 4. The zero-order valence-corrected chi connectivity index (χ0v) is 13.1. The lowest BCUT2D eigenvalue weighted by Gasteiger charge is -2.15. The van der Waals surface area contributed by atoms with Crippen LogP contribution in [0.4, 0.5) is 15.9 Å². The van der Waals surface area contributed by atoms with Gasteiger partial charge in [0.05, 0.1) is 29.3 Å². The number of aromatic amines is 1. The van der Waals surface area contributed by atoms with E-state index in [9.17, 15) is 14.0 Å². The van der Waals surface area contributed by atoms with Gasteiger partial charge in [0.25, 0.3) is 5.91 Å². The highest BCUT2D eigenvalue weighted by Crippen LogP contribution is 2.22. The van der Waals surface area contributed by atoms with Crippen molar-refractivity contribution in [1.82, 2.24) is 15.0 Å². The number of benzene rings is 1. The molecule has 0 aliphatic carbocycles. The van der Waals surface area contributed by atoms with E-state index in [0.717, 1.165) is 12.5 Å². The molecule has 1 aliphatic heterocycles. The minimum atomic E-state index is -0.530. The smallest absolute Gasteiger partial charge is 0.259 e. The van der Waals surface area contributed by atoms with Gasteiger partial charge in [-0.15, -0.1) is 0 Å². The van der Waals surface area contributed by atoms with Gasteiger partial charge in [0.1, 0.15) is 17.2 Å². The summed E-state index contributed by atoms with van der Waals surface area (Å²) in [6.45, 7) is 0.673. The number of rotatable bonds is 3. The molecule has 2 amide bonds. The highest BCUT2D eigenvalue weighted by atomic mass is 19.1. The summed E-state index contributed by atoms with van der Waals surface area (Å²) >= 11 is 0. The van der Waals surface area contributed by atoms with Crippen molar-refractivity contribution in [3.05, 3.63) is 48.2 Å². The van der Waals surface area contributed by atoms with E-state index >= 15 is 0 Å². The lowest BCUT2D eigenvalue weighted by molar-refractivity contribution is -0.117. The summed E-state index contributed by atoms with van der Waals surface area (Å²) in [5.41, 5.74) is 1.65. The van der Waals surface area contributed by atoms with Crippen LogP contribution >= 0.6 is 0 Å². The average molecular weight is 339 g/mol. The molecular formula is C17H14FN5O2. The first-order valence-electron chi connectivity index (χ1n) is 7.82. The van der Waals surface area contributed by atoms with Crippen molar-refractivity contribution in [3.63, 3.8) is 0 Å². The molecule has 2 N–H and O–H groups in total. The van der Waals surface area contributed by atoms with E-state index in [1.54, 1.807) is 17.0 Å². The molecule has 7 nitrogen and oxygen atoms in total. The van der Waals surface area contributed by atoms with Crippen LogP contribution in [-0.4, -0.2) is 33.3 Å². The Balaban J connectivity index is 1.56. The first-order chi connectivity index (χ1) is 12.1. The highest BCUT2D eigenvalue weighted by molar-refractivity contribution is 6.11. The molecule has 0 unspecified atom stereocenters. The molecule has 3 aromatic rings. The molecule has 4 rings (SSSR count). The number of carbonyl (C=O) groups is 2. The molecule has 2 aromatic heterocycles. The maximum atomic E-state index is 13.7. The van der Waals surface area contributed by atoms with Crippen molar-refractivity contribution in [3.8, 4) is 0 Å². The zero-order valence-electron chi connectivity index (χ0n) is 13.1. The molecule has 0 radical (unpaired) electrons. The van der Waals surface area contributed by atoms with Gasteiger partial charge in [-0.1, -0.05) is 0 Å². The number of aromatic nitrogens is 3. The van der Waals surface area contributed by atoms with E-state index in [-0.39, 0.29) is 11.5 Å². The second-order valence-electron chi connectivity index (χ2n) is 5.76. The highest BCUT2D eigenvalue weighted by Gasteiger charge is 2.22. The van der Waals surface area contributed by atoms with Crippen LogP contribution in [0.3, 0.4) is 0 Å².